The number of carbonyl (C=O) groups is 1. The van der Waals surface area contributed by atoms with Gasteiger partial charge in [0.15, 0.2) is 0 Å². The van der Waals surface area contributed by atoms with Crippen LogP contribution < -0.4 is 14.4 Å². The van der Waals surface area contributed by atoms with E-state index in [9.17, 15) is 13.2 Å². The van der Waals surface area contributed by atoms with E-state index in [1.54, 1.807) is 54.5 Å². The molecular formula is C22H20N2O4S2. The summed E-state index contributed by atoms with van der Waals surface area (Å²) in [5.74, 6) is 1.15. The highest BCUT2D eigenvalue weighted by Crippen LogP contribution is 2.42. The van der Waals surface area contributed by atoms with Gasteiger partial charge in [-0.25, -0.2) is 8.42 Å². The van der Waals surface area contributed by atoms with E-state index >= 15 is 0 Å². The Bertz CT molecular complexity index is 1130. The highest BCUT2D eigenvalue weighted by atomic mass is 32.2. The van der Waals surface area contributed by atoms with Crippen LogP contribution in [0.1, 0.15) is 10.9 Å². The molecule has 1 saturated heterocycles. The number of hydrogen-bond donors (Lipinski definition) is 1. The zero-order chi connectivity index (χ0) is 21.1. The van der Waals surface area contributed by atoms with Crippen LogP contribution in [0.15, 0.2) is 83.8 Å². The maximum absolute atomic E-state index is 12.5. The van der Waals surface area contributed by atoms with Gasteiger partial charge in [-0.2, -0.15) is 0 Å². The predicted molar refractivity (Wildman–Crippen MR) is 119 cm³/mol. The van der Waals surface area contributed by atoms with E-state index in [2.05, 4.69) is 4.72 Å². The number of amides is 1. The first-order chi connectivity index (χ1) is 14.5. The van der Waals surface area contributed by atoms with Gasteiger partial charge in [-0.3, -0.25) is 14.4 Å². The Labute approximate surface area is 179 Å². The van der Waals surface area contributed by atoms with Gasteiger partial charge in [0.2, 0.25) is 5.91 Å². The summed E-state index contributed by atoms with van der Waals surface area (Å²) in [5.41, 5.74) is 2.18. The summed E-state index contributed by atoms with van der Waals surface area (Å²) in [4.78, 5) is 14.5. The number of benzene rings is 3. The highest BCUT2D eigenvalue weighted by Gasteiger charge is 2.34. The Hall–Kier alpha value is -2.97. The number of carbonyl (C=O) groups excluding carboxylic acids is 1. The van der Waals surface area contributed by atoms with E-state index in [0.29, 0.717) is 11.4 Å². The molecule has 3 aromatic carbocycles. The van der Waals surface area contributed by atoms with E-state index in [4.69, 9.17) is 4.74 Å². The molecule has 1 amide bonds. The van der Waals surface area contributed by atoms with Crippen molar-refractivity contribution in [3.05, 3.63) is 84.4 Å². The molecule has 0 spiro atoms. The molecule has 1 aliphatic heterocycles. The quantitative estimate of drug-likeness (QED) is 0.619. The van der Waals surface area contributed by atoms with Gasteiger partial charge < -0.3 is 4.74 Å². The van der Waals surface area contributed by atoms with E-state index in [0.717, 1.165) is 17.0 Å². The van der Waals surface area contributed by atoms with Crippen LogP contribution in [0.3, 0.4) is 0 Å². The fourth-order valence-electron chi connectivity index (χ4n) is 3.22. The minimum atomic E-state index is -3.65. The summed E-state index contributed by atoms with van der Waals surface area (Å²) >= 11 is 1.54. The molecule has 4 rings (SSSR count). The first kappa shape index (κ1) is 20.3. The number of nitrogens with zero attached hydrogens (tertiary/aromatic N) is 1. The van der Waals surface area contributed by atoms with Crippen molar-refractivity contribution >= 4 is 39.1 Å². The third kappa shape index (κ3) is 4.15. The molecule has 0 radical (unpaired) electrons. The first-order valence-corrected chi connectivity index (χ1v) is 11.8. The number of methoxy groups -OCH3 is 1. The molecule has 8 heteroatoms. The fourth-order valence-corrected chi connectivity index (χ4v) is 5.48. The zero-order valence-electron chi connectivity index (χ0n) is 16.2. The Morgan fingerprint density at radius 2 is 1.63 bits per heavy atom. The molecular weight excluding hydrogens is 420 g/mol. The van der Waals surface area contributed by atoms with Crippen LogP contribution in [0, 0.1) is 0 Å². The topological polar surface area (TPSA) is 75.7 Å². The van der Waals surface area contributed by atoms with Crippen molar-refractivity contribution in [2.24, 2.45) is 0 Å². The van der Waals surface area contributed by atoms with Crippen molar-refractivity contribution in [1.29, 1.82) is 0 Å². The normalized spacial score (nSPS) is 16.5. The van der Waals surface area contributed by atoms with Crippen LogP contribution in [0.25, 0.3) is 0 Å². The predicted octanol–water partition coefficient (Wildman–Crippen LogP) is 4.27. The summed E-state index contributed by atoms with van der Waals surface area (Å²) < 4.78 is 32.8. The Kier molecular flexibility index (Phi) is 5.69. The lowest BCUT2D eigenvalue weighted by Gasteiger charge is -2.24. The second-order valence-electron chi connectivity index (χ2n) is 6.67. The summed E-state index contributed by atoms with van der Waals surface area (Å²) in [6.45, 7) is 0. The van der Waals surface area contributed by atoms with E-state index in [1.165, 1.54) is 11.8 Å². The second-order valence-corrected chi connectivity index (χ2v) is 9.42. The van der Waals surface area contributed by atoms with Crippen molar-refractivity contribution in [2.45, 2.75) is 10.3 Å². The van der Waals surface area contributed by atoms with Crippen LogP contribution in [-0.2, 0) is 14.8 Å². The Morgan fingerprint density at radius 1 is 0.967 bits per heavy atom. The van der Waals surface area contributed by atoms with Gasteiger partial charge in [0, 0.05) is 11.4 Å². The lowest BCUT2D eigenvalue weighted by molar-refractivity contribution is -0.115. The molecule has 1 fully saturated rings. The SMILES string of the molecule is COc1ccc(N2C(=O)CSC2c2ccc(NS(=O)(=O)c3ccccc3)cc2)cc1. The molecule has 154 valence electrons. The van der Waals surface area contributed by atoms with Gasteiger partial charge in [-0.05, 0) is 54.1 Å². The molecule has 1 unspecified atom stereocenters. The van der Waals surface area contributed by atoms with Gasteiger partial charge >= 0.3 is 0 Å². The molecule has 0 aromatic heterocycles. The number of hydrogen-bond acceptors (Lipinski definition) is 5. The van der Waals surface area contributed by atoms with Gasteiger partial charge in [0.1, 0.15) is 11.1 Å². The molecule has 0 bridgehead atoms. The maximum atomic E-state index is 12.5. The highest BCUT2D eigenvalue weighted by molar-refractivity contribution is 8.00. The first-order valence-electron chi connectivity index (χ1n) is 9.23. The lowest BCUT2D eigenvalue weighted by atomic mass is 10.1. The number of thioether (sulfide) groups is 1. The lowest BCUT2D eigenvalue weighted by Crippen LogP contribution is -2.27. The average Bonchev–Trinajstić information content (AvgIpc) is 3.16. The summed E-state index contributed by atoms with van der Waals surface area (Å²) in [7, 11) is -2.05. The smallest absolute Gasteiger partial charge is 0.261 e. The number of sulfonamides is 1. The zero-order valence-corrected chi connectivity index (χ0v) is 17.8. The largest absolute Gasteiger partial charge is 0.497 e. The molecule has 0 saturated carbocycles. The molecule has 6 nitrogen and oxygen atoms in total. The number of nitrogens with one attached hydrogen (secondary N) is 1. The van der Waals surface area contributed by atoms with Crippen molar-refractivity contribution in [2.75, 3.05) is 22.5 Å². The van der Waals surface area contributed by atoms with Gasteiger partial charge in [0.05, 0.1) is 17.8 Å². The van der Waals surface area contributed by atoms with Crippen molar-refractivity contribution in [3.63, 3.8) is 0 Å². The number of anilines is 2. The minimum Gasteiger partial charge on any atom is -0.497 e. The molecule has 3 aromatic rings. The molecule has 1 atom stereocenters. The van der Waals surface area contributed by atoms with Gasteiger partial charge in [-0.15, -0.1) is 11.8 Å². The van der Waals surface area contributed by atoms with Gasteiger partial charge in [-0.1, -0.05) is 30.3 Å². The van der Waals surface area contributed by atoms with Crippen LogP contribution in [0.5, 0.6) is 5.75 Å². The molecule has 30 heavy (non-hydrogen) atoms. The second kappa shape index (κ2) is 8.41. The van der Waals surface area contributed by atoms with Crippen LogP contribution in [0.4, 0.5) is 11.4 Å². The van der Waals surface area contributed by atoms with E-state index in [1.807, 2.05) is 36.4 Å². The third-order valence-corrected chi connectivity index (χ3v) is 7.33. The monoisotopic (exact) mass is 440 g/mol. The van der Waals surface area contributed by atoms with E-state index < -0.39 is 10.0 Å². The molecule has 1 aliphatic rings. The van der Waals surface area contributed by atoms with Crippen LogP contribution in [0.2, 0.25) is 0 Å². The molecule has 1 heterocycles. The average molecular weight is 441 g/mol. The minimum absolute atomic E-state index is 0.0315. The Morgan fingerprint density at radius 3 is 2.27 bits per heavy atom. The maximum Gasteiger partial charge on any atom is 0.261 e. The van der Waals surface area contributed by atoms with Crippen LogP contribution >= 0.6 is 11.8 Å². The van der Waals surface area contributed by atoms with Crippen molar-refractivity contribution in [1.82, 2.24) is 0 Å². The summed E-state index contributed by atoms with van der Waals surface area (Å²) in [6, 6.07) is 22.7. The van der Waals surface area contributed by atoms with Crippen molar-refractivity contribution in [3.8, 4) is 5.75 Å². The standard InChI is InChI=1S/C22H20N2O4S2/c1-28-19-13-11-18(12-14-19)24-21(25)15-29-22(24)16-7-9-17(10-8-16)23-30(26,27)20-5-3-2-4-6-20/h2-14,22-23H,15H2,1H3. The number of ether oxygens (including phenoxy) is 1. The molecule has 1 N–H and O–H groups in total. The van der Waals surface area contributed by atoms with E-state index in [-0.39, 0.29) is 16.2 Å². The summed E-state index contributed by atoms with van der Waals surface area (Å²) in [5, 5.41) is -0.175. The number of rotatable bonds is 6. The fraction of sp³-hybridized carbons (Fsp3) is 0.136. The van der Waals surface area contributed by atoms with Crippen LogP contribution in [-0.4, -0.2) is 27.2 Å². The third-order valence-electron chi connectivity index (χ3n) is 4.72. The summed E-state index contributed by atoms with van der Waals surface area (Å²) in [6.07, 6.45) is 0. The van der Waals surface area contributed by atoms with Crippen molar-refractivity contribution < 1.29 is 17.9 Å². The van der Waals surface area contributed by atoms with Gasteiger partial charge in [0.25, 0.3) is 10.0 Å². The Balaban J connectivity index is 1.55. The molecule has 0 aliphatic carbocycles.